The lowest BCUT2D eigenvalue weighted by atomic mass is 10.3. The van der Waals surface area contributed by atoms with Gasteiger partial charge in [-0.1, -0.05) is 0 Å². The van der Waals surface area contributed by atoms with Gasteiger partial charge in [-0.3, -0.25) is 9.79 Å². The summed E-state index contributed by atoms with van der Waals surface area (Å²) in [6.45, 7) is 4.46. The summed E-state index contributed by atoms with van der Waals surface area (Å²) in [7, 11) is 1.47. The summed E-state index contributed by atoms with van der Waals surface area (Å²) in [5, 5.41) is 2.35. The third-order valence-corrected chi connectivity index (χ3v) is 1.10. The highest BCUT2D eigenvalue weighted by molar-refractivity contribution is 5.93. The lowest BCUT2D eigenvalue weighted by Gasteiger charge is -1.96. The summed E-state index contributed by atoms with van der Waals surface area (Å²) in [5.41, 5.74) is 0.0921. The maximum Gasteiger partial charge on any atom is 0.269 e. The van der Waals surface area contributed by atoms with Gasteiger partial charge in [0.25, 0.3) is 5.91 Å². The van der Waals surface area contributed by atoms with Crippen molar-refractivity contribution in [1.29, 1.82) is 0 Å². The van der Waals surface area contributed by atoms with Crippen molar-refractivity contribution in [3.05, 3.63) is 23.7 Å². The van der Waals surface area contributed by atoms with Crippen molar-refractivity contribution < 1.29 is 9.18 Å². The van der Waals surface area contributed by atoms with Crippen LogP contribution in [0.15, 0.2) is 28.7 Å². The molecular formula is C8H11FN2O. The summed E-state index contributed by atoms with van der Waals surface area (Å²) in [6.07, 6.45) is 2.42. The maximum absolute atomic E-state index is 12.2. The average Bonchev–Trinajstić information content (AvgIpc) is 2.04. The van der Waals surface area contributed by atoms with Gasteiger partial charge in [-0.05, 0) is 25.8 Å². The van der Waals surface area contributed by atoms with Gasteiger partial charge >= 0.3 is 0 Å². The highest BCUT2D eigenvalue weighted by atomic mass is 19.1. The first-order chi connectivity index (χ1) is 5.61. The van der Waals surface area contributed by atoms with Crippen molar-refractivity contribution in [2.75, 3.05) is 7.05 Å². The zero-order chi connectivity index (χ0) is 9.56. The molecule has 1 amide bonds. The number of hydrogen-bond acceptors (Lipinski definition) is 2. The Morgan fingerprint density at radius 2 is 2.17 bits per heavy atom. The Bertz CT molecular complexity index is 239. The van der Waals surface area contributed by atoms with Crippen molar-refractivity contribution in [1.82, 2.24) is 5.32 Å². The minimum absolute atomic E-state index is 0.0921. The summed E-state index contributed by atoms with van der Waals surface area (Å²) >= 11 is 0. The molecule has 0 unspecified atom stereocenters. The molecule has 0 aromatic rings. The smallest absolute Gasteiger partial charge is 0.269 e. The minimum atomic E-state index is -0.389. The lowest BCUT2D eigenvalue weighted by Crippen LogP contribution is -2.18. The van der Waals surface area contributed by atoms with Gasteiger partial charge < -0.3 is 5.32 Å². The van der Waals surface area contributed by atoms with Crippen LogP contribution in [0, 0.1) is 0 Å². The van der Waals surface area contributed by atoms with E-state index in [1.165, 1.54) is 20.0 Å². The molecule has 12 heavy (non-hydrogen) atoms. The van der Waals surface area contributed by atoms with Crippen LogP contribution in [0.25, 0.3) is 0 Å². The van der Waals surface area contributed by atoms with Gasteiger partial charge in [-0.15, -0.1) is 0 Å². The number of amides is 1. The van der Waals surface area contributed by atoms with Crippen LogP contribution < -0.4 is 5.32 Å². The van der Waals surface area contributed by atoms with Gasteiger partial charge in [0, 0.05) is 7.05 Å². The van der Waals surface area contributed by atoms with Crippen molar-refractivity contribution in [3.8, 4) is 0 Å². The number of allylic oxidation sites excluding steroid dienone is 3. The fourth-order valence-corrected chi connectivity index (χ4v) is 0.522. The number of carbonyl (C=O) groups excluding carboxylic acids is 1. The predicted molar refractivity (Wildman–Crippen MR) is 46.6 cm³/mol. The van der Waals surface area contributed by atoms with Crippen LogP contribution in [0.1, 0.15) is 6.92 Å². The fourth-order valence-electron chi connectivity index (χ4n) is 0.522. The number of hydrogen-bond donors (Lipinski definition) is 1. The van der Waals surface area contributed by atoms with Crippen LogP contribution in [0.5, 0.6) is 0 Å². The molecule has 3 nitrogen and oxygen atoms in total. The number of nitrogens with zero attached hydrogens (tertiary/aromatic N) is 1. The van der Waals surface area contributed by atoms with Crippen LogP contribution in [-0.4, -0.2) is 19.7 Å². The van der Waals surface area contributed by atoms with Gasteiger partial charge in [0.2, 0.25) is 0 Å². The summed E-state index contributed by atoms with van der Waals surface area (Å²) in [5.74, 6) is -0.775. The number of halogens is 1. The summed E-state index contributed by atoms with van der Waals surface area (Å²) < 4.78 is 12.2. The topological polar surface area (TPSA) is 41.5 Å². The molecular weight excluding hydrogens is 159 g/mol. The molecule has 0 fully saturated rings. The van der Waals surface area contributed by atoms with Crippen LogP contribution >= 0.6 is 0 Å². The van der Waals surface area contributed by atoms with Gasteiger partial charge in [-0.25, -0.2) is 4.39 Å². The molecule has 0 atom stereocenters. The number of aliphatic imine (C=N–C) groups is 1. The van der Waals surface area contributed by atoms with Crippen LogP contribution in [-0.2, 0) is 4.79 Å². The summed E-state index contributed by atoms with van der Waals surface area (Å²) in [6, 6.07) is 0. The number of nitrogens with one attached hydrogen (secondary N) is 1. The second-order valence-electron chi connectivity index (χ2n) is 2.04. The van der Waals surface area contributed by atoms with Gasteiger partial charge in [-0.2, -0.15) is 0 Å². The van der Waals surface area contributed by atoms with Crippen molar-refractivity contribution in [2.24, 2.45) is 4.99 Å². The molecule has 0 spiro atoms. The fraction of sp³-hybridized carbons (Fsp3) is 0.250. The van der Waals surface area contributed by atoms with Crippen LogP contribution in [0.2, 0.25) is 0 Å². The first kappa shape index (κ1) is 10.6. The van der Waals surface area contributed by atoms with E-state index in [0.717, 1.165) is 6.08 Å². The van der Waals surface area contributed by atoms with E-state index in [2.05, 4.69) is 17.0 Å². The number of rotatable bonds is 3. The van der Waals surface area contributed by atoms with Gasteiger partial charge in [0.1, 0.15) is 5.70 Å². The molecule has 0 bridgehead atoms. The van der Waals surface area contributed by atoms with Crippen LogP contribution in [0.4, 0.5) is 4.39 Å². The maximum atomic E-state index is 12.2. The Morgan fingerprint density at radius 3 is 2.50 bits per heavy atom. The molecule has 0 aliphatic carbocycles. The first-order valence-electron chi connectivity index (χ1n) is 3.34. The quantitative estimate of drug-likeness (QED) is 0.386. The lowest BCUT2D eigenvalue weighted by molar-refractivity contribution is -0.117. The largest absolute Gasteiger partial charge is 0.354 e. The Kier molecular flexibility index (Phi) is 4.60. The Hall–Kier alpha value is -1.45. The van der Waals surface area contributed by atoms with E-state index in [9.17, 15) is 9.18 Å². The molecule has 66 valence electrons. The van der Waals surface area contributed by atoms with E-state index in [0.29, 0.717) is 0 Å². The highest BCUT2D eigenvalue weighted by Crippen LogP contribution is 1.99. The predicted octanol–water partition coefficient (Wildman–Crippen LogP) is 1.19. The molecule has 0 aliphatic rings. The van der Waals surface area contributed by atoms with Gasteiger partial charge in [0.15, 0.2) is 0 Å². The Morgan fingerprint density at radius 1 is 1.58 bits per heavy atom. The zero-order valence-electron chi connectivity index (χ0n) is 7.10. The second kappa shape index (κ2) is 5.23. The third kappa shape index (κ3) is 3.65. The minimum Gasteiger partial charge on any atom is -0.354 e. The zero-order valence-corrected chi connectivity index (χ0v) is 7.10. The number of likely N-dealkylation sites (N-methyl/N-ethyl adjacent to an activating group) is 1. The van der Waals surface area contributed by atoms with E-state index >= 15 is 0 Å². The van der Waals surface area contributed by atoms with Crippen LogP contribution in [0.3, 0.4) is 0 Å². The van der Waals surface area contributed by atoms with Gasteiger partial charge in [0.05, 0.1) is 5.83 Å². The van der Waals surface area contributed by atoms with E-state index < -0.39 is 0 Å². The summed E-state index contributed by atoms with van der Waals surface area (Å²) in [4.78, 5) is 14.3. The molecule has 0 radical (unpaired) electrons. The SMILES string of the molecule is C=N/C(=C\C=C(/C)F)C(=O)NC. The van der Waals surface area contributed by atoms with E-state index in [4.69, 9.17) is 0 Å². The van der Waals surface area contributed by atoms with Crippen molar-refractivity contribution >= 4 is 12.6 Å². The molecule has 0 rings (SSSR count). The Labute approximate surface area is 70.7 Å². The van der Waals surface area contributed by atoms with E-state index in [1.54, 1.807) is 0 Å². The molecule has 0 heterocycles. The standard InChI is InChI=1S/C8H11FN2O/c1-6(9)4-5-7(10-2)8(12)11-3/h4-5H,2H2,1,3H3,(H,11,12)/b6-4+,7-5-. The molecule has 1 N–H and O–H groups in total. The second-order valence-corrected chi connectivity index (χ2v) is 2.04. The molecule has 0 aromatic heterocycles. The molecule has 0 saturated heterocycles. The van der Waals surface area contributed by atoms with E-state index in [-0.39, 0.29) is 17.4 Å². The normalized spacial score (nSPS) is 12.6. The van der Waals surface area contributed by atoms with Crippen molar-refractivity contribution in [3.63, 3.8) is 0 Å². The Balaban J connectivity index is 4.55. The van der Waals surface area contributed by atoms with E-state index in [1.807, 2.05) is 0 Å². The molecule has 0 aromatic carbocycles. The molecule has 4 heteroatoms. The third-order valence-electron chi connectivity index (χ3n) is 1.10. The number of carbonyl (C=O) groups is 1. The highest BCUT2D eigenvalue weighted by Gasteiger charge is 2.01. The monoisotopic (exact) mass is 170 g/mol. The first-order valence-corrected chi connectivity index (χ1v) is 3.34. The van der Waals surface area contributed by atoms with Crippen molar-refractivity contribution in [2.45, 2.75) is 6.92 Å². The average molecular weight is 170 g/mol. The molecule has 0 saturated carbocycles. The molecule has 0 aliphatic heterocycles.